The Hall–Kier alpha value is -1.25. The molecule has 11 heavy (non-hydrogen) atoms. The van der Waals surface area contributed by atoms with Crippen LogP contribution in [0.1, 0.15) is 6.92 Å². The molecule has 1 rings (SSSR count). The van der Waals surface area contributed by atoms with Gasteiger partial charge in [-0.15, -0.1) is 0 Å². The van der Waals surface area contributed by atoms with E-state index in [1.165, 1.54) is 6.08 Å². The van der Waals surface area contributed by atoms with E-state index in [0.717, 1.165) is 0 Å². The van der Waals surface area contributed by atoms with Gasteiger partial charge in [-0.1, -0.05) is 12.7 Å². The normalized spacial score (nSPS) is 22.5. The van der Waals surface area contributed by atoms with E-state index >= 15 is 0 Å². The van der Waals surface area contributed by atoms with E-state index < -0.39 is 0 Å². The first kappa shape index (κ1) is 7.85. The maximum Gasteiger partial charge on any atom is 0.335 e. The van der Waals surface area contributed by atoms with E-state index in [4.69, 9.17) is 9.47 Å². The van der Waals surface area contributed by atoms with Crippen LogP contribution in [0.25, 0.3) is 0 Å². The fraction of sp³-hybridized carbons (Fsp3) is 0.375. The van der Waals surface area contributed by atoms with Crippen LogP contribution in [0.3, 0.4) is 0 Å². The van der Waals surface area contributed by atoms with Crippen molar-refractivity contribution in [2.24, 2.45) is 0 Å². The number of carbonyl (C=O) groups is 1. The molecule has 0 aromatic rings. The lowest BCUT2D eigenvalue weighted by molar-refractivity contribution is -0.138. The quantitative estimate of drug-likeness (QED) is 0.449. The van der Waals surface area contributed by atoms with Gasteiger partial charge in [0.15, 0.2) is 6.10 Å². The van der Waals surface area contributed by atoms with Crippen molar-refractivity contribution in [3.05, 3.63) is 24.5 Å². The number of rotatable bonds is 3. The molecule has 1 heterocycles. The van der Waals surface area contributed by atoms with Gasteiger partial charge in [-0.2, -0.15) is 0 Å². The summed E-state index contributed by atoms with van der Waals surface area (Å²) in [6, 6.07) is 0. The lowest BCUT2D eigenvalue weighted by atomic mass is 10.3. The largest absolute Gasteiger partial charge is 0.490 e. The number of esters is 1. The minimum absolute atomic E-state index is 0.248. The molecule has 0 amide bonds. The third-order valence-corrected chi connectivity index (χ3v) is 1.32. The zero-order valence-corrected chi connectivity index (χ0v) is 6.37. The van der Waals surface area contributed by atoms with Gasteiger partial charge >= 0.3 is 5.97 Å². The summed E-state index contributed by atoms with van der Waals surface area (Å²) in [4.78, 5) is 10.6. The van der Waals surface area contributed by atoms with E-state index in [-0.39, 0.29) is 12.1 Å². The van der Waals surface area contributed by atoms with Crippen molar-refractivity contribution in [3.63, 3.8) is 0 Å². The monoisotopic (exact) mass is 154 g/mol. The molecule has 0 spiro atoms. The zero-order chi connectivity index (χ0) is 8.27. The Morgan fingerprint density at radius 3 is 3.09 bits per heavy atom. The van der Waals surface area contributed by atoms with Gasteiger partial charge in [0.1, 0.15) is 12.4 Å². The van der Waals surface area contributed by atoms with Crippen LogP contribution in [0.2, 0.25) is 0 Å². The second kappa shape index (κ2) is 3.23. The molecule has 0 aliphatic carbocycles. The molecule has 3 heteroatoms. The molecule has 0 saturated heterocycles. The molecular formula is C8H10O3. The smallest absolute Gasteiger partial charge is 0.335 e. The Morgan fingerprint density at radius 2 is 2.64 bits per heavy atom. The van der Waals surface area contributed by atoms with Crippen LogP contribution in [-0.2, 0) is 14.3 Å². The summed E-state index contributed by atoms with van der Waals surface area (Å²) >= 11 is 0. The predicted molar refractivity (Wildman–Crippen MR) is 39.8 cm³/mol. The van der Waals surface area contributed by atoms with Crippen molar-refractivity contribution in [1.82, 2.24) is 0 Å². The van der Waals surface area contributed by atoms with Gasteiger partial charge in [-0.05, 0) is 6.92 Å². The molecule has 0 fully saturated rings. The van der Waals surface area contributed by atoms with Crippen LogP contribution in [0.4, 0.5) is 0 Å². The molecule has 60 valence electrons. The van der Waals surface area contributed by atoms with E-state index in [0.29, 0.717) is 12.4 Å². The van der Waals surface area contributed by atoms with Crippen molar-refractivity contribution in [2.75, 3.05) is 6.61 Å². The molecule has 0 aromatic heterocycles. The maximum absolute atomic E-state index is 10.6. The highest BCUT2D eigenvalue weighted by Gasteiger charge is 2.22. The SMILES string of the molecule is C=CCOC1=CC(=O)O[C@H]1C. The standard InChI is InChI=1S/C8H10O3/c1-3-4-10-7-5-8(9)11-6(7)2/h3,5-6H,1,4H2,2H3/t6-/m0/s1. The minimum Gasteiger partial charge on any atom is -0.490 e. The summed E-state index contributed by atoms with van der Waals surface area (Å²) in [6.45, 7) is 5.66. The molecule has 0 N–H and O–H groups in total. The Bertz CT molecular complexity index is 205. The summed E-state index contributed by atoms with van der Waals surface area (Å²) in [5, 5.41) is 0. The highest BCUT2D eigenvalue weighted by Crippen LogP contribution is 2.15. The van der Waals surface area contributed by atoms with Gasteiger partial charge in [0, 0.05) is 0 Å². The van der Waals surface area contributed by atoms with Crippen LogP contribution < -0.4 is 0 Å². The van der Waals surface area contributed by atoms with Gasteiger partial charge in [-0.3, -0.25) is 0 Å². The lowest BCUT2D eigenvalue weighted by Crippen LogP contribution is -2.08. The predicted octanol–water partition coefficient (Wildman–Crippen LogP) is 1.02. The topological polar surface area (TPSA) is 35.5 Å². The molecule has 0 saturated carbocycles. The Kier molecular flexibility index (Phi) is 2.31. The Morgan fingerprint density at radius 1 is 1.91 bits per heavy atom. The molecule has 1 aliphatic heterocycles. The fourth-order valence-electron chi connectivity index (χ4n) is 0.814. The maximum atomic E-state index is 10.6. The number of carbonyl (C=O) groups excluding carboxylic acids is 1. The summed E-state index contributed by atoms with van der Waals surface area (Å²) in [6.07, 6.45) is 2.73. The molecule has 1 aliphatic rings. The van der Waals surface area contributed by atoms with Gasteiger partial charge in [0.05, 0.1) is 6.08 Å². The Labute approximate surface area is 65.3 Å². The zero-order valence-electron chi connectivity index (χ0n) is 6.37. The minimum atomic E-state index is -0.337. The highest BCUT2D eigenvalue weighted by atomic mass is 16.6. The van der Waals surface area contributed by atoms with Crippen molar-refractivity contribution in [1.29, 1.82) is 0 Å². The first-order chi connectivity index (χ1) is 5.24. The highest BCUT2D eigenvalue weighted by molar-refractivity contribution is 5.85. The van der Waals surface area contributed by atoms with Crippen molar-refractivity contribution in [3.8, 4) is 0 Å². The first-order valence-corrected chi connectivity index (χ1v) is 3.40. The van der Waals surface area contributed by atoms with E-state index in [2.05, 4.69) is 6.58 Å². The van der Waals surface area contributed by atoms with Gasteiger partial charge in [0.25, 0.3) is 0 Å². The van der Waals surface area contributed by atoms with Crippen molar-refractivity contribution >= 4 is 5.97 Å². The molecular weight excluding hydrogens is 144 g/mol. The van der Waals surface area contributed by atoms with Crippen LogP contribution in [0.5, 0.6) is 0 Å². The van der Waals surface area contributed by atoms with Gasteiger partial charge in [0.2, 0.25) is 0 Å². The van der Waals surface area contributed by atoms with Crippen LogP contribution in [0.15, 0.2) is 24.5 Å². The summed E-state index contributed by atoms with van der Waals surface area (Å²) in [5.74, 6) is 0.242. The van der Waals surface area contributed by atoms with Crippen LogP contribution in [-0.4, -0.2) is 18.7 Å². The number of hydrogen-bond acceptors (Lipinski definition) is 3. The third-order valence-electron chi connectivity index (χ3n) is 1.32. The summed E-state index contributed by atoms with van der Waals surface area (Å²) < 4.78 is 9.91. The first-order valence-electron chi connectivity index (χ1n) is 3.40. The summed E-state index contributed by atoms with van der Waals surface area (Å²) in [7, 11) is 0. The molecule has 0 aromatic carbocycles. The molecule has 0 radical (unpaired) electrons. The molecule has 3 nitrogen and oxygen atoms in total. The number of cyclic esters (lactones) is 1. The lowest BCUT2D eigenvalue weighted by Gasteiger charge is -2.07. The Balaban J connectivity index is 2.49. The summed E-state index contributed by atoms with van der Waals surface area (Å²) in [5.41, 5.74) is 0. The van der Waals surface area contributed by atoms with Crippen LogP contribution >= 0.6 is 0 Å². The van der Waals surface area contributed by atoms with E-state index in [1.54, 1.807) is 13.0 Å². The van der Waals surface area contributed by atoms with Gasteiger partial charge in [-0.25, -0.2) is 4.79 Å². The number of hydrogen-bond donors (Lipinski definition) is 0. The second-order valence-corrected chi connectivity index (χ2v) is 2.23. The van der Waals surface area contributed by atoms with Crippen molar-refractivity contribution in [2.45, 2.75) is 13.0 Å². The van der Waals surface area contributed by atoms with E-state index in [1.807, 2.05) is 0 Å². The molecule has 1 atom stereocenters. The molecule has 0 unspecified atom stereocenters. The third kappa shape index (κ3) is 1.83. The average Bonchev–Trinajstić information content (AvgIpc) is 2.26. The van der Waals surface area contributed by atoms with Crippen molar-refractivity contribution < 1.29 is 14.3 Å². The van der Waals surface area contributed by atoms with Gasteiger partial charge < -0.3 is 9.47 Å². The fourth-order valence-corrected chi connectivity index (χ4v) is 0.814. The average molecular weight is 154 g/mol. The number of ether oxygens (including phenoxy) is 2. The second-order valence-electron chi connectivity index (χ2n) is 2.23. The van der Waals surface area contributed by atoms with E-state index in [9.17, 15) is 4.79 Å². The molecule has 0 bridgehead atoms. The van der Waals surface area contributed by atoms with Crippen LogP contribution in [0, 0.1) is 0 Å².